The normalized spacial score (nSPS) is 26.8. The number of fused-ring (bicyclic) bond motifs is 15. The summed E-state index contributed by atoms with van der Waals surface area (Å²) < 4.78 is 39.5. The van der Waals surface area contributed by atoms with Gasteiger partial charge in [0, 0.05) is 75.0 Å². The number of hydrogen-bond acceptors (Lipinski definition) is 28. The molecular formula is C81H96Cl4N14O23. The molecule has 11 bridgehead atoms. The number of amides is 9. The van der Waals surface area contributed by atoms with Gasteiger partial charge < -0.3 is 118 Å². The Labute approximate surface area is 719 Å². The number of carbonyl (C=O) groups is 9. The second-order valence-electron chi connectivity index (χ2n) is 31.1. The Morgan fingerprint density at radius 3 is 1.98 bits per heavy atom. The van der Waals surface area contributed by atoms with Gasteiger partial charge in [-0.3, -0.25) is 58.9 Å². The first-order valence-corrected chi connectivity index (χ1v) is 40.8. The molecule has 6 aromatic rings. The van der Waals surface area contributed by atoms with Gasteiger partial charge in [-0.1, -0.05) is 91.4 Å². The number of hydrazine groups is 2. The lowest BCUT2D eigenvalue weighted by atomic mass is 9.85. The second-order valence-corrected chi connectivity index (χ2v) is 32.7. The lowest BCUT2D eigenvalue weighted by Crippen LogP contribution is -2.65. The van der Waals surface area contributed by atoms with Crippen molar-refractivity contribution >= 4 is 99.6 Å². The SMILES string of the molecule is CCNNC(=O)[C@@H]1NC(=O)[C@H]2NC(=O)[C@H](NC(=O)[C@@H]3NC(=O)[C@H](CC(N)=O)NC(=O)[C@H](NC(=O)[C@@H](CC(C)C)NC)[C@H](O)c4ccc(c(Cl)c4)Oc4cc3cc(c4O[C@@H]3OC[C@@H](O)[C@H](O)[C@H]3O[C@H]3C[C@](C)(NCCN4CCN(NC(=O)Cc5ccc(Cl)c(Cl)c5)CC4)[C@H](O)[C@H](C)O3)Oc3ccc(cc3Cl)[C@H]2O)c2ccc(O)c(c2)-c2c(O)cc(O)cc21. The number of hydrogen-bond donors (Lipinski definition) is 20. The van der Waals surface area contributed by atoms with Crippen molar-refractivity contribution in [2.45, 2.75) is 163 Å². The van der Waals surface area contributed by atoms with E-state index in [1.165, 1.54) is 37.4 Å². The summed E-state index contributed by atoms with van der Waals surface area (Å²) in [5.41, 5.74) is 11.0. The summed E-state index contributed by atoms with van der Waals surface area (Å²) in [7, 11) is 1.49. The van der Waals surface area contributed by atoms with Gasteiger partial charge in [-0.2, -0.15) is 0 Å². The van der Waals surface area contributed by atoms with Crippen LogP contribution in [-0.2, 0) is 63.8 Å². The van der Waals surface area contributed by atoms with Crippen LogP contribution in [0, 0.1) is 5.92 Å². The van der Waals surface area contributed by atoms with E-state index in [-0.39, 0.29) is 82.0 Å². The molecule has 21 N–H and O–H groups in total. The Morgan fingerprint density at radius 2 is 1.34 bits per heavy atom. The Bertz CT molecular complexity index is 4960. The third-order valence-corrected chi connectivity index (χ3v) is 23.0. The molecule has 122 heavy (non-hydrogen) atoms. The molecule has 0 aromatic heterocycles. The number of phenolic OH excluding ortho intramolecular Hbond substituents is 3. The fourth-order valence-corrected chi connectivity index (χ4v) is 16.0. The Morgan fingerprint density at radius 1 is 0.697 bits per heavy atom. The van der Waals surface area contributed by atoms with Gasteiger partial charge >= 0.3 is 0 Å². The highest BCUT2D eigenvalue weighted by atomic mass is 35.5. The van der Waals surface area contributed by atoms with Gasteiger partial charge in [-0.15, -0.1) is 0 Å². The van der Waals surface area contributed by atoms with Crippen LogP contribution in [0.2, 0.25) is 20.1 Å². The van der Waals surface area contributed by atoms with Crippen molar-refractivity contribution in [3.63, 3.8) is 0 Å². The number of rotatable bonds is 21. The maximum atomic E-state index is 16.3. The van der Waals surface area contributed by atoms with Crippen LogP contribution < -0.4 is 78.8 Å². The van der Waals surface area contributed by atoms with Gasteiger partial charge in [0.15, 0.2) is 23.9 Å². The number of primary amides is 1. The maximum absolute atomic E-state index is 16.3. The highest BCUT2D eigenvalue weighted by Gasteiger charge is 2.51. The van der Waals surface area contributed by atoms with E-state index in [2.05, 4.69) is 63.7 Å². The van der Waals surface area contributed by atoms with Crippen LogP contribution in [0.5, 0.6) is 46.0 Å². The minimum Gasteiger partial charge on any atom is -0.508 e. The number of phenols is 3. The molecule has 37 nitrogen and oxygen atoms in total. The molecule has 3 fully saturated rings. The molecule has 8 heterocycles. The van der Waals surface area contributed by atoms with Crippen molar-refractivity contribution in [2.24, 2.45) is 11.7 Å². The lowest BCUT2D eigenvalue weighted by molar-refractivity contribution is -0.319. The van der Waals surface area contributed by atoms with Crippen molar-refractivity contribution in [1.82, 2.24) is 68.7 Å². The Hall–Kier alpha value is -10.0. The number of aromatic hydroxyl groups is 3. The smallest absolute Gasteiger partial charge is 0.261 e. The van der Waals surface area contributed by atoms with Crippen LogP contribution in [0.15, 0.2) is 97.1 Å². The van der Waals surface area contributed by atoms with Crippen molar-refractivity contribution < 1.29 is 112 Å². The van der Waals surface area contributed by atoms with E-state index in [0.717, 1.165) is 48.5 Å². The number of aliphatic hydroxyl groups excluding tert-OH is 5. The van der Waals surface area contributed by atoms with E-state index in [4.69, 9.17) is 80.6 Å². The van der Waals surface area contributed by atoms with Crippen LogP contribution in [0.4, 0.5) is 0 Å². The van der Waals surface area contributed by atoms with Gasteiger partial charge in [0.05, 0.1) is 57.8 Å². The van der Waals surface area contributed by atoms with Gasteiger partial charge in [-0.25, -0.2) is 10.4 Å². The van der Waals surface area contributed by atoms with E-state index >= 15 is 24.0 Å². The summed E-state index contributed by atoms with van der Waals surface area (Å²) in [6.07, 6.45) is -15.9. The number of nitrogens with one attached hydrogen (secondary N) is 11. The van der Waals surface area contributed by atoms with Crippen molar-refractivity contribution in [3.8, 4) is 57.1 Å². The molecule has 0 saturated carbocycles. The minimum atomic E-state index is -2.32. The van der Waals surface area contributed by atoms with E-state index in [1.54, 1.807) is 39.0 Å². The van der Waals surface area contributed by atoms with Gasteiger partial charge in [0.1, 0.15) is 89.4 Å². The zero-order valence-corrected chi connectivity index (χ0v) is 69.7. The predicted molar refractivity (Wildman–Crippen MR) is 438 cm³/mol. The van der Waals surface area contributed by atoms with E-state index in [9.17, 15) is 60.0 Å². The molecule has 6 aromatic carbocycles. The standard InChI is InChI=1S/C81H96Cl4N14O23/c1-7-89-96-79(116)64-44-30-42(100)31-52(102)61(44)43-25-38(9-13-51(43)101)62-75(112)95-66(78(115)93-64)68(107)40-11-15-55(48(85)27-40)120-57-29-41-28-56(119-54-14-10-39(26-47(54)84)67(106)65(94-73(110)49(87-6)22-35(2)3)77(114)90-50(32-58(86)104)74(111)91-63(41)76(113)92-62)70(57)122-80-71(69(108)53(103)34-117-80)121-60-33-81(5,72(109)36(4)118-60)88-16-17-98-18-20-99(21-19-98)97-59(105)24-37-8-12-45(82)46(83)23-37/h8-15,23,25-31,35-36,49-50,53,60,62-69,71-72,80,87-89,100-103,106-109H,7,16-22,24,32-34H2,1-6H3,(H2,86,104)(H,90,114)(H,91,111)(H,92,113)(H,93,115)(H,94,110)(H,95,112)(H,96,116)(H,97,105)/t36-,49+,50-,53+,60-,62+,63+,64+,65+,66-,67+,68+,69-,71+,72+,80-,81-/m0/s1. The number of likely N-dealkylation sites (N-methyl/N-ethyl adjacent to an activating group) is 1. The minimum absolute atomic E-state index is 0.0784. The largest absolute Gasteiger partial charge is 0.508 e. The Kier molecular flexibility index (Phi) is 29.3. The van der Waals surface area contributed by atoms with E-state index in [1.807, 2.05) is 18.9 Å². The summed E-state index contributed by atoms with van der Waals surface area (Å²) in [6, 6.07) is 5.60. The zero-order valence-electron chi connectivity index (χ0n) is 66.7. The van der Waals surface area contributed by atoms with Crippen LogP contribution in [0.1, 0.15) is 118 Å². The summed E-state index contributed by atoms with van der Waals surface area (Å²) >= 11 is 26.6. The molecule has 8 aliphatic heterocycles. The number of nitrogens with two attached hydrogens (primary N) is 1. The lowest BCUT2D eigenvalue weighted by Gasteiger charge is -2.48. The topological polar surface area (TPSA) is 536 Å². The maximum Gasteiger partial charge on any atom is 0.261 e. The molecule has 656 valence electrons. The molecule has 41 heteroatoms. The van der Waals surface area contributed by atoms with Crippen LogP contribution in [-0.4, -0.2) is 236 Å². The Balaban J connectivity index is 0.968. The molecule has 8 aliphatic rings. The van der Waals surface area contributed by atoms with Crippen LogP contribution in [0.3, 0.4) is 0 Å². The molecule has 14 rings (SSSR count). The molecular weight excluding hydrogens is 1680 g/mol. The average Bonchev–Trinajstić information content (AvgIpc) is 0.772. The van der Waals surface area contributed by atoms with Gasteiger partial charge in [0.2, 0.25) is 59.3 Å². The number of ether oxygens (including phenoxy) is 6. The van der Waals surface area contributed by atoms with E-state index < -0.39 is 214 Å². The van der Waals surface area contributed by atoms with Crippen molar-refractivity contribution in [3.05, 3.63) is 151 Å². The van der Waals surface area contributed by atoms with Crippen molar-refractivity contribution in [2.75, 3.05) is 59.5 Å². The first-order chi connectivity index (χ1) is 58.0. The number of carbonyl (C=O) groups excluding carboxylic acids is 9. The zero-order chi connectivity index (χ0) is 88.0. The second kappa shape index (κ2) is 39.2. The summed E-state index contributed by atoms with van der Waals surface area (Å²) in [6.45, 7) is 11.0. The van der Waals surface area contributed by atoms with Gasteiger partial charge in [0.25, 0.3) is 5.91 Å². The molecule has 17 atom stereocenters. The van der Waals surface area contributed by atoms with E-state index in [0.29, 0.717) is 54.9 Å². The first-order valence-electron chi connectivity index (χ1n) is 39.3. The number of halogens is 4. The highest BCUT2D eigenvalue weighted by molar-refractivity contribution is 6.42. The molecule has 3 saturated heterocycles. The summed E-state index contributed by atoms with van der Waals surface area (Å²) in [4.78, 5) is 135. The third kappa shape index (κ3) is 21.1. The molecule has 0 spiro atoms. The molecule has 9 amide bonds. The summed E-state index contributed by atoms with van der Waals surface area (Å²) in [5.74, 6) is -14.6. The molecule has 0 aliphatic carbocycles. The number of benzene rings is 6. The fraction of sp³-hybridized carbons (Fsp3) is 0.444. The molecule has 0 unspecified atom stereocenters. The molecule has 0 radical (unpaired) electrons. The highest BCUT2D eigenvalue weighted by Crippen LogP contribution is 2.50. The fourth-order valence-electron chi connectivity index (χ4n) is 15.2. The van der Waals surface area contributed by atoms with Crippen molar-refractivity contribution in [1.29, 1.82) is 0 Å². The van der Waals surface area contributed by atoms with Crippen LogP contribution >= 0.6 is 46.4 Å². The number of aliphatic hydroxyl groups is 5. The number of piperazine rings is 1. The monoisotopic (exact) mass is 1770 g/mol. The van der Waals surface area contributed by atoms with Gasteiger partial charge in [-0.05, 0) is 133 Å². The first kappa shape index (κ1) is 91.2. The van der Waals surface area contributed by atoms with Crippen LogP contribution in [0.25, 0.3) is 11.1 Å². The quantitative estimate of drug-likeness (QED) is 0.0459. The third-order valence-electron chi connectivity index (χ3n) is 21.7. The number of nitrogens with zero attached hydrogens (tertiary/aromatic N) is 2. The predicted octanol–water partition coefficient (Wildman–Crippen LogP) is 2.13. The average molecular weight is 1780 g/mol. The summed E-state index contributed by atoms with van der Waals surface area (Å²) in [5, 5.41) is 119.